The Balaban J connectivity index is 1.28. The van der Waals surface area contributed by atoms with E-state index in [2.05, 4.69) is 78.3 Å². The maximum Gasteiger partial charge on any atom is 0.224 e. The first-order valence-electron chi connectivity index (χ1n) is 12.5. The van der Waals surface area contributed by atoms with E-state index in [1.807, 2.05) is 48.5 Å². The Labute approximate surface area is 212 Å². The Hall–Kier alpha value is -4.18. The number of hydrogen-bond donors (Lipinski definition) is 1. The molecule has 4 aromatic carbocycles. The van der Waals surface area contributed by atoms with Crippen molar-refractivity contribution in [3.05, 3.63) is 126 Å². The third-order valence-corrected chi connectivity index (χ3v) is 6.59. The van der Waals surface area contributed by atoms with Crippen molar-refractivity contribution in [1.82, 2.24) is 14.9 Å². The van der Waals surface area contributed by atoms with Crippen molar-refractivity contribution in [3.8, 4) is 11.1 Å². The lowest BCUT2D eigenvalue weighted by Gasteiger charge is -2.12. The van der Waals surface area contributed by atoms with Gasteiger partial charge >= 0.3 is 0 Å². The standard InChI is InChI=1S/C32H31N3O/c1-23(2)26-16-14-25(15-17-26)22-35-30-11-7-6-10-29(30)34-31(35)21-33-32(36)20-24-12-18-28(19-13-24)27-8-4-3-5-9-27/h3-19,23H,20-22H2,1-2H3,(H,33,36). The lowest BCUT2D eigenvalue weighted by molar-refractivity contribution is -0.120. The second kappa shape index (κ2) is 10.6. The molecule has 0 aliphatic heterocycles. The van der Waals surface area contributed by atoms with Crippen molar-refractivity contribution in [1.29, 1.82) is 0 Å². The molecule has 0 fully saturated rings. The minimum atomic E-state index is -0.0117. The van der Waals surface area contributed by atoms with Crippen LogP contribution in [0.25, 0.3) is 22.2 Å². The van der Waals surface area contributed by atoms with Crippen LogP contribution in [0.15, 0.2) is 103 Å². The third-order valence-electron chi connectivity index (χ3n) is 6.59. The maximum absolute atomic E-state index is 12.8. The summed E-state index contributed by atoms with van der Waals surface area (Å²) in [5.41, 5.74) is 7.88. The van der Waals surface area contributed by atoms with E-state index in [0.29, 0.717) is 25.4 Å². The summed E-state index contributed by atoms with van der Waals surface area (Å²) in [5, 5.41) is 3.08. The smallest absolute Gasteiger partial charge is 0.224 e. The molecule has 180 valence electrons. The van der Waals surface area contributed by atoms with Crippen LogP contribution in [0.3, 0.4) is 0 Å². The van der Waals surface area contributed by atoms with Gasteiger partial charge in [-0.2, -0.15) is 0 Å². The van der Waals surface area contributed by atoms with E-state index in [9.17, 15) is 4.79 Å². The molecule has 0 unspecified atom stereocenters. The van der Waals surface area contributed by atoms with Crippen LogP contribution in [0.5, 0.6) is 0 Å². The summed E-state index contributed by atoms with van der Waals surface area (Å²) >= 11 is 0. The first-order chi connectivity index (χ1) is 17.6. The molecular formula is C32H31N3O. The molecule has 5 rings (SSSR count). The number of amides is 1. The number of para-hydroxylation sites is 2. The fraction of sp³-hybridized carbons (Fsp3) is 0.188. The van der Waals surface area contributed by atoms with Gasteiger partial charge in [-0.05, 0) is 45.9 Å². The average molecular weight is 474 g/mol. The molecule has 1 heterocycles. The summed E-state index contributed by atoms with van der Waals surface area (Å²) in [6, 6.07) is 35.4. The zero-order valence-corrected chi connectivity index (χ0v) is 20.8. The number of aromatic nitrogens is 2. The molecule has 1 aromatic heterocycles. The first-order valence-corrected chi connectivity index (χ1v) is 12.5. The highest BCUT2D eigenvalue weighted by molar-refractivity contribution is 5.79. The molecule has 5 aromatic rings. The molecule has 0 atom stereocenters. The number of benzene rings is 4. The molecule has 36 heavy (non-hydrogen) atoms. The molecule has 0 aliphatic rings. The number of imidazole rings is 1. The lowest BCUT2D eigenvalue weighted by Crippen LogP contribution is -2.26. The van der Waals surface area contributed by atoms with E-state index in [1.54, 1.807) is 0 Å². The molecular weight excluding hydrogens is 442 g/mol. The van der Waals surface area contributed by atoms with Crippen molar-refractivity contribution in [2.24, 2.45) is 0 Å². The van der Waals surface area contributed by atoms with Crippen LogP contribution in [0.2, 0.25) is 0 Å². The number of hydrogen-bond acceptors (Lipinski definition) is 2. The van der Waals surface area contributed by atoms with E-state index in [4.69, 9.17) is 4.98 Å². The Morgan fingerprint density at radius 2 is 1.42 bits per heavy atom. The van der Waals surface area contributed by atoms with E-state index < -0.39 is 0 Å². The van der Waals surface area contributed by atoms with Gasteiger partial charge in [0.25, 0.3) is 0 Å². The number of nitrogens with one attached hydrogen (secondary N) is 1. The Morgan fingerprint density at radius 1 is 0.778 bits per heavy atom. The number of fused-ring (bicyclic) bond motifs is 1. The zero-order chi connectivity index (χ0) is 24.9. The quantitative estimate of drug-likeness (QED) is 0.271. The topological polar surface area (TPSA) is 46.9 Å². The van der Waals surface area contributed by atoms with Crippen molar-refractivity contribution in [3.63, 3.8) is 0 Å². The second-order valence-electron chi connectivity index (χ2n) is 9.52. The predicted molar refractivity (Wildman–Crippen MR) is 147 cm³/mol. The highest BCUT2D eigenvalue weighted by atomic mass is 16.1. The summed E-state index contributed by atoms with van der Waals surface area (Å²) in [7, 11) is 0. The van der Waals surface area contributed by atoms with Gasteiger partial charge in [0.15, 0.2) is 0 Å². The Morgan fingerprint density at radius 3 is 2.14 bits per heavy atom. The number of carbonyl (C=O) groups excluding carboxylic acids is 1. The van der Waals surface area contributed by atoms with Gasteiger partial charge in [0.05, 0.1) is 24.0 Å². The normalized spacial score (nSPS) is 11.2. The maximum atomic E-state index is 12.8. The van der Waals surface area contributed by atoms with E-state index in [1.165, 1.54) is 16.7 Å². The van der Waals surface area contributed by atoms with Gasteiger partial charge in [0.1, 0.15) is 5.82 Å². The summed E-state index contributed by atoms with van der Waals surface area (Å²) in [6.07, 6.45) is 0.339. The molecule has 4 nitrogen and oxygen atoms in total. The van der Waals surface area contributed by atoms with Gasteiger partial charge in [-0.15, -0.1) is 0 Å². The molecule has 0 saturated heterocycles. The number of nitrogens with zero attached hydrogens (tertiary/aromatic N) is 2. The minimum absolute atomic E-state index is 0.0117. The van der Waals surface area contributed by atoms with Crippen LogP contribution in [-0.2, 0) is 24.3 Å². The molecule has 4 heteroatoms. The van der Waals surface area contributed by atoms with Crippen LogP contribution in [0.4, 0.5) is 0 Å². The van der Waals surface area contributed by atoms with Crippen molar-refractivity contribution >= 4 is 16.9 Å². The highest BCUT2D eigenvalue weighted by Crippen LogP contribution is 2.21. The first kappa shape index (κ1) is 23.6. The summed E-state index contributed by atoms with van der Waals surface area (Å²) in [5.74, 6) is 1.35. The fourth-order valence-electron chi connectivity index (χ4n) is 4.50. The predicted octanol–water partition coefficient (Wildman–Crippen LogP) is 6.73. The van der Waals surface area contributed by atoms with Gasteiger partial charge in [-0.3, -0.25) is 4.79 Å². The van der Waals surface area contributed by atoms with E-state index in [0.717, 1.165) is 28.0 Å². The highest BCUT2D eigenvalue weighted by Gasteiger charge is 2.13. The molecule has 0 spiro atoms. The molecule has 0 aliphatic carbocycles. The Bertz CT molecular complexity index is 1450. The molecule has 1 N–H and O–H groups in total. The van der Waals surface area contributed by atoms with Crippen molar-refractivity contribution in [2.45, 2.75) is 39.3 Å². The SMILES string of the molecule is CC(C)c1ccc(Cn2c(CNC(=O)Cc3ccc(-c4ccccc4)cc3)nc3ccccc32)cc1. The Kier molecular flexibility index (Phi) is 6.94. The average Bonchev–Trinajstić information content (AvgIpc) is 3.26. The van der Waals surface area contributed by atoms with Gasteiger partial charge in [0, 0.05) is 6.54 Å². The summed E-state index contributed by atoms with van der Waals surface area (Å²) in [4.78, 5) is 17.6. The molecule has 0 radical (unpaired) electrons. The van der Waals surface area contributed by atoms with Gasteiger partial charge in [0.2, 0.25) is 5.91 Å². The number of rotatable bonds is 8. The minimum Gasteiger partial charge on any atom is -0.349 e. The molecule has 0 bridgehead atoms. The van der Waals surface area contributed by atoms with Crippen LogP contribution >= 0.6 is 0 Å². The molecule has 0 saturated carbocycles. The van der Waals surface area contributed by atoms with Gasteiger partial charge in [-0.1, -0.05) is 105 Å². The molecule has 1 amide bonds. The van der Waals surface area contributed by atoms with Crippen LogP contribution < -0.4 is 5.32 Å². The van der Waals surface area contributed by atoms with Crippen LogP contribution in [0, 0.1) is 0 Å². The largest absolute Gasteiger partial charge is 0.349 e. The van der Waals surface area contributed by atoms with Crippen LogP contribution in [0.1, 0.15) is 42.3 Å². The van der Waals surface area contributed by atoms with E-state index in [-0.39, 0.29) is 5.91 Å². The number of carbonyl (C=O) groups is 1. The second-order valence-corrected chi connectivity index (χ2v) is 9.52. The summed E-state index contributed by atoms with van der Waals surface area (Å²) in [6.45, 7) is 5.51. The van der Waals surface area contributed by atoms with Gasteiger partial charge in [-0.25, -0.2) is 4.98 Å². The van der Waals surface area contributed by atoms with E-state index >= 15 is 0 Å². The van der Waals surface area contributed by atoms with Crippen LogP contribution in [-0.4, -0.2) is 15.5 Å². The monoisotopic (exact) mass is 473 g/mol. The lowest BCUT2D eigenvalue weighted by atomic mass is 10.0. The van der Waals surface area contributed by atoms with Gasteiger partial charge < -0.3 is 9.88 Å². The fourth-order valence-corrected chi connectivity index (χ4v) is 4.50. The van der Waals surface area contributed by atoms with Crippen molar-refractivity contribution < 1.29 is 4.79 Å². The third kappa shape index (κ3) is 5.38. The zero-order valence-electron chi connectivity index (χ0n) is 20.8. The van der Waals surface area contributed by atoms with Crippen molar-refractivity contribution in [2.75, 3.05) is 0 Å². The summed E-state index contributed by atoms with van der Waals surface area (Å²) < 4.78 is 2.20.